The maximum atomic E-state index is 12.6. The van der Waals surface area contributed by atoms with E-state index < -0.39 is 0 Å². The Labute approximate surface area is 136 Å². The molecule has 0 aliphatic heterocycles. The van der Waals surface area contributed by atoms with Gasteiger partial charge in [-0.1, -0.05) is 46.3 Å². The summed E-state index contributed by atoms with van der Waals surface area (Å²) in [5.74, 6) is 0.0276. The zero-order valence-electron chi connectivity index (χ0n) is 11.7. The Hall–Kier alpha value is -1.27. The Morgan fingerprint density at radius 3 is 2.90 bits per heavy atom. The van der Waals surface area contributed by atoms with Crippen molar-refractivity contribution in [3.63, 3.8) is 0 Å². The third-order valence-corrected chi connectivity index (χ3v) is 5.10. The van der Waals surface area contributed by atoms with Crippen molar-refractivity contribution in [1.82, 2.24) is 10.2 Å². The molecule has 3 rings (SSSR count). The van der Waals surface area contributed by atoms with Crippen LogP contribution in [0.1, 0.15) is 36.8 Å². The van der Waals surface area contributed by atoms with Gasteiger partial charge in [0, 0.05) is 10.9 Å². The molecule has 1 saturated carbocycles. The van der Waals surface area contributed by atoms with Gasteiger partial charge in [0.15, 0.2) is 0 Å². The minimum absolute atomic E-state index is 0.0276. The van der Waals surface area contributed by atoms with E-state index in [0.29, 0.717) is 5.13 Å². The second kappa shape index (κ2) is 5.85. The van der Waals surface area contributed by atoms with Crippen molar-refractivity contribution in [2.24, 2.45) is 0 Å². The van der Waals surface area contributed by atoms with E-state index in [1.165, 1.54) is 11.3 Å². The fourth-order valence-electron chi connectivity index (χ4n) is 2.39. The van der Waals surface area contributed by atoms with E-state index in [1.54, 1.807) is 0 Å². The Balaban J connectivity index is 1.75. The summed E-state index contributed by atoms with van der Waals surface area (Å²) in [5, 5.41) is 12.7. The van der Waals surface area contributed by atoms with Crippen molar-refractivity contribution in [2.45, 2.75) is 38.0 Å². The second-order valence-corrected chi connectivity index (χ2v) is 7.28. The van der Waals surface area contributed by atoms with Crippen LogP contribution in [-0.4, -0.2) is 16.1 Å². The molecule has 1 heterocycles. The number of hydrogen-bond donors (Lipinski definition) is 1. The molecule has 1 aromatic heterocycles. The predicted molar refractivity (Wildman–Crippen MR) is 87.6 cm³/mol. The van der Waals surface area contributed by atoms with Crippen molar-refractivity contribution in [3.8, 4) is 0 Å². The molecule has 6 heteroatoms. The molecule has 0 saturated heterocycles. The van der Waals surface area contributed by atoms with Gasteiger partial charge >= 0.3 is 0 Å². The summed E-state index contributed by atoms with van der Waals surface area (Å²) < 4.78 is 1.00. The van der Waals surface area contributed by atoms with Crippen molar-refractivity contribution >= 4 is 38.3 Å². The first kappa shape index (κ1) is 14.7. The molecule has 1 aliphatic rings. The SMILES string of the molecule is CCCc1nnc(NC(=O)C2(c3cccc(Br)c3)CC2)s1. The van der Waals surface area contributed by atoms with Crippen LogP contribution in [0.15, 0.2) is 28.7 Å². The van der Waals surface area contributed by atoms with Gasteiger partial charge in [-0.25, -0.2) is 0 Å². The van der Waals surface area contributed by atoms with E-state index in [0.717, 1.165) is 40.7 Å². The highest BCUT2D eigenvalue weighted by Crippen LogP contribution is 2.49. The number of carbonyl (C=O) groups excluding carboxylic acids is 1. The molecular weight excluding hydrogens is 350 g/mol. The highest BCUT2D eigenvalue weighted by atomic mass is 79.9. The number of anilines is 1. The van der Waals surface area contributed by atoms with Gasteiger partial charge in [0.1, 0.15) is 5.01 Å². The van der Waals surface area contributed by atoms with Crippen molar-refractivity contribution < 1.29 is 4.79 Å². The fraction of sp³-hybridized carbons (Fsp3) is 0.400. The normalized spacial score (nSPS) is 15.7. The predicted octanol–water partition coefficient (Wildman–Crippen LogP) is 3.92. The van der Waals surface area contributed by atoms with E-state index in [1.807, 2.05) is 24.3 Å². The average molecular weight is 366 g/mol. The number of nitrogens with one attached hydrogen (secondary N) is 1. The first-order valence-corrected chi connectivity index (χ1v) is 8.65. The molecule has 1 fully saturated rings. The Morgan fingerprint density at radius 2 is 2.24 bits per heavy atom. The summed E-state index contributed by atoms with van der Waals surface area (Å²) in [6.07, 6.45) is 3.71. The lowest BCUT2D eigenvalue weighted by Crippen LogP contribution is -2.27. The highest BCUT2D eigenvalue weighted by Gasteiger charge is 2.51. The first-order valence-electron chi connectivity index (χ1n) is 7.04. The summed E-state index contributed by atoms with van der Waals surface area (Å²) in [5.41, 5.74) is 0.674. The number of hydrogen-bond acceptors (Lipinski definition) is 4. The van der Waals surface area contributed by atoms with E-state index in [9.17, 15) is 4.79 Å². The largest absolute Gasteiger partial charge is 0.300 e. The van der Waals surface area contributed by atoms with E-state index >= 15 is 0 Å². The van der Waals surface area contributed by atoms with Gasteiger partial charge in [0.25, 0.3) is 0 Å². The van der Waals surface area contributed by atoms with Crippen LogP contribution in [0.25, 0.3) is 0 Å². The molecule has 0 radical (unpaired) electrons. The Kier molecular flexibility index (Phi) is 4.08. The quantitative estimate of drug-likeness (QED) is 0.873. The first-order chi connectivity index (χ1) is 10.1. The molecule has 0 bridgehead atoms. The molecule has 21 heavy (non-hydrogen) atoms. The lowest BCUT2D eigenvalue weighted by molar-refractivity contribution is -0.118. The molecule has 0 spiro atoms. The van der Waals surface area contributed by atoms with Gasteiger partial charge in [-0.2, -0.15) is 0 Å². The summed E-state index contributed by atoms with van der Waals surface area (Å²) in [4.78, 5) is 12.6. The van der Waals surface area contributed by atoms with Gasteiger partial charge in [-0.15, -0.1) is 10.2 Å². The fourth-order valence-corrected chi connectivity index (χ4v) is 3.63. The zero-order chi connectivity index (χ0) is 14.9. The number of benzene rings is 1. The van der Waals surface area contributed by atoms with Crippen molar-refractivity contribution in [3.05, 3.63) is 39.3 Å². The Morgan fingerprint density at radius 1 is 1.43 bits per heavy atom. The monoisotopic (exact) mass is 365 g/mol. The van der Waals surface area contributed by atoms with Crippen molar-refractivity contribution in [1.29, 1.82) is 0 Å². The maximum absolute atomic E-state index is 12.6. The van der Waals surface area contributed by atoms with Crippen LogP contribution in [0.5, 0.6) is 0 Å². The molecule has 0 atom stereocenters. The lowest BCUT2D eigenvalue weighted by atomic mass is 9.95. The van der Waals surface area contributed by atoms with E-state index in [2.05, 4.69) is 38.4 Å². The third kappa shape index (κ3) is 3.01. The summed E-state index contributed by atoms with van der Waals surface area (Å²) in [6, 6.07) is 7.98. The number of rotatable bonds is 5. The molecule has 1 N–H and O–H groups in total. The van der Waals surface area contributed by atoms with E-state index in [4.69, 9.17) is 0 Å². The molecule has 0 unspecified atom stereocenters. The number of amides is 1. The maximum Gasteiger partial charge on any atom is 0.236 e. The van der Waals surface area contributed by atoms with Gasteiger partial charge in [0.05, 0.1) is 5.41 Å². The average Bonchev–Trinajstić information content (AvgIpc) is 3.17. The summed E-state index contributed by atoms with van der Waals surface area (Å²) >= 11 is 4.93. The molecule has 1 aromatic carbocycles. The van der Waals surface area contributed by atoms with E-state index in [-0.39, 0.29) is 11.3 Å². The number of nitrogens with zero attached hydrogens (tertiary/aromatic N) is 2. The lowest BCUT2D eigenvalue weighted by Gasteiger charge is -2.14. The summed E-state index contributed by atoms with van der Waals surface area (Å²) in [6.45, 7) is 2.10. The van der Waals surface area contributed by atoms with Crippen LogP contribution in [-0.2, 0) is 16.6 Å². The molecule has 1 amide bonds. The minimum Gasteiger partial charge on any atom is -0.300 e. The number of carbonyl (C=O) groups is 1. The minimum atomic E-state index is -0.389. The van der Waals surface area contributed by atoms with Gasteiger partial charge < -0.3 is 0 Å². The van der Waals surface area contributed by atoms with Crippen LogP contribution in [0, 0.1) is 0 Å². The number of halogens is 1. The second-order valence-electron chi connectivity index (χ2n) is 5.30. The van der Waals surface area contributed by atoms with Crippen LogP contribution in [0.3, 0.4) is 0 Å². The Bertz CT molecular complexity index is 666. The number of aryl methyl sites for hydroxylation is 1. The molecule has 1 aliphatic carbocycles. The van der Waals surface area contributed by atoms with Gasteiger partial charge in [-0.05, 0) is 37.0 Å². The summed E-state index contributed by atoms with van der Waals surface area (Å²) in [7, 11) is 0. The van der Waals surface area contributed by atoms with Crippen molar-refractivity contribution in [2.75, 3.05) is 5.32 Å². The highest BCUT2D eigenvalue weighted by molar-refractivity contribution is 9.10. The van der Waals surface area contributed by atoms with Gasteiger partial charge in [-0.3, -0.25) is 10.1 Å². The van der Waals surface area contributed by atoms with Crippen LogP contribution < -0.4 is 5.32 Å². The molecule has 2 aromatic rings. The van der Waals surface area contributed by atoms with Crippen LogP contribution in [0.4, 0.5) is 5.13 Å². The smallest absolute Gasteiger partial charge is 0.236 e. The van der Waals surface area contributed by atoms with Gasteiger partial charge in [0.2, 0.25) is 11.0 Å². The molecule has 4 nitrogen and oxygen atoms in total. The van der Waals surface area contributed by atoms with Crippen LogP contribution >= 0.6 is 27.3 Å². The zero-order valence-corrected chi connectivity index (χ0v) is 14.1. The number of aromatic nitrogens is 2. The third-order valence-electron chi connectivity index (χ3n) is 3.71. The topological polar surface area (TPSA) is 54.9 Å². The molecule has 110 valence electrons. The van der Waals surface area contributed by atoms with Crippen LogP contribution in [0.2, 0.25) is 0 Å². The standard InChI is InChI=1S/C15H16BrN3OS/c1-2-4-12-18-19-14(21-12)17-13(20)15(7-8-15)10-5-3-6-11(16)9-10/h3,5-6,9H,2,4,7-8H2,1H3,(H,17,19,20). The molecular formula is C15H16BrN3OS.